The van der Waals surface area contributed by atoms with Crippen molar-refractivity contribution in [1.82, 2.24) is 0 Å². The lowest BCUT2D eigenvalue weighted by Gasteiger charge is -2.25. The van der Waals surface area contributed by atoms with Crippen LogP contribution in [0.5, 0.6) is 0 Å². The van der Waals surface area contributed by atoms with Crippen LogP contribution >= 0.6 is 0 Å². The predicted octanol–water partition coefficient (Wildman–Crippen LogP) is 2.51. The Kier molecular flexibility index (Phi) is 16.1. The monoisotopic (exact) mass is 348 g/mol. The molecule has 0 bridgehead atoms. The maximum atomic E-state index is 9.79. The number of hydrogen-bond acceptors (Lipinski definition) is 5. The average molecular weight is 349 g/mol. The summed E-state index contributed by atoms with van der Waals surface area (Å²) in [4.78, 5) is 0. The van der Waals surface area contributed by atoms with Crippen LogP contribution in [0.3, 0.4) is 0 Å². The number of hydrogen-bond donors (Lipinski definition) is 5. The van der Waals surface area contributed by atoms with Crippen LogP contribution in [0.25, 0.3) is 0 Å². The third-order valence-electron chi connectivity index (χ3n) is 4.68. The van der Waals surface area contributed by atoms with E-state index in [-0.39, 0.29) is 0 Å². The summed E-state index contributed by atoms with van der Waals surface area (Å²) in [6, 6.07) is 0. The molecule has 5 heteroatoms. The summed E-state index contributed by atoms with van der Waals surface area (Å²) in [6.45, 7) is 1.60. The minimum atomic E-state index is -1.51. The molecule has 0 aromatic carbocycles. The molecule has 0 amide bonds. The maximum Gasteiger partial charge on any atom is 0.110 e. The summed E-state index contributed by atoms with van der Waals surface area (Å²) in [6.07, 6.45) is 9.75. The minimum Gasteiger partial charge on any atom is -0.394 e. The van der Waals surface area contributed by atoms with Gasteiger partial charge in [-0.05, 0) is 6.42 Å². The molecule has 0 aromatic heterocycles. The van der Waals surface area contributed by atoms with E-state index in [2.05, 4.69) is 6.92 Å². The van der Waals surface area contributed by atoms with Crippen molar-refractivity contribution in [2.45, 2.75) is 115 Å². The minimum absolute atomic E-state index is 0.397. The van der Waals surface area contributed by atoms with Crippen molar-refractivity contribution >= 4 is 0 Å². The molecule has 0 heterocycles. The molecule has 0 aliphatic heterocycles. The van der Waals surface area contributed by atoms with Gasteiger partial charge in [0.1, 0.15) is 18.3 Å². The van der Waals surface area contributed by atoms with Gasteiger partial charge in [0.05, 0.1) is 12.7 Å². The van der Waals surface area contributed by atoms with Crippen LogP contribution in [0.1, 0.15) is 90.4 Å². The molecule has 0 spiro atoms. The Labute approximate surface area is 147 Å². The summed E-state index contributed by atoms with van der Waals surface area (Å²) >= 11 is 0. The third kappa shape index (κ3) is 12.2. The molecule has 0 aliphatic rings. The van der Waals surface area contributed by atoms with Gasteiger partial charge in [0.25, 0.3) is 0 Å². The maximum absolute atomic E-state index is 9.79. The highest BCUT2D eigenvalue weighted by atomic mass is 16.4. The van der Waals surface area contributed by atoms with Crippen LogP contribution in [0, 0.1) is 0 Å². The SMILES string of the molecule is CCCCCCCCCCCCCC[C@@H](O)[C@@H](O)[C@H](O)[C@@H](O)CO. The molecule has 146 valence electrons. The van der Waals surface area contributed by atoms with E-state index in [0.717, 1.165) is 19.3 Å². The summed E-state index contributed by atoms with van der Waals surface area (Å²) < 4.78 is 0. The van der Waals surface area contributed by atoms with Crippen molar-refractivity contribution in [3.8, 4) is 0 Å². The van der Waals surface area contributed by atoms with Crippen LogP contribution in [-0.4, -0.2) is 56.6 Å². The molecule has 0 aliphatic carbocycles. The Morgan fingerprint density at radius 2 is 0.917 bits per heavy atom. The standard InChI is InChI=1S/C19H40O5/c1-2-3-4-5-6-7-8-9-10-11-12-13-14-16(21)18(23)19(24)17(22)15-20/h16-24H,2-15H2,1H3/t16-,17+,18-,19-/m1/s1. The first-order valence-electron chi connectivity index (χ1n) is 9.87. The summed E-state index contributed by atoms with van der Waals surface area (Å²) in [5.41, 5.74) is 0. The molecule has 0 rings (SSSR count). The lowest BCUT2D eigenvalue weighted by molar-refractivity contribution is -0.116. The molecule has 5 nitrogen and oxygen atoms in total. The van der Waals surface area contributed by atoms with Gasteiger partial charge in [-0.2, -0.15) is 0 Å². The fourth-order valence-corrected chi connectivity index (χ4v) is 2.93. The molecule has 0 fully saturated rings. The highest BCUT2D eigenvalue weighted by Gasteiger charge is 2.29. The third-order valence-corrected chi connectivity index (χ3v) is 4.68. The Morgan fingerprint density at radius 3 is 1.33 bits per heavy atom. The van der Waals surface area contributed by atoms with E-state index in [1.165, 1.54) is 57.8 Å². The molecule has 0 aromatic rings. The molecular weight excluding hydrogens is 308 g/mol. The topological polar surface area (TPSA) is 101 Å². The largest absolute Gasteiger partial charge is 0.394 e. The van der Waals surface area contributed by atoms with E-state index in [1.54, 1.807) is 0 Å². The molecular formula is C19H40O5. The Hall–Kier alpha value is -0.200. The van der Waals surface area contributed by atoms with E-state index in [9.17, 15) is 20.4 Å². The van der Waals surface area contributed by atoms with Gasteiger partial charge in [-0.1, -0.05) is 84.0 Å². The van der Waals surface area contributed by atoms with E-state index in [4.69, 9.17) is 5.11 Å². The highest BCUT2D eigenvalue weighted by molar-refractivity contribution is 4.80. The summed E-state index contributed by atoms with van der Waals surface area (Å²) in [5, 5.41) is 47.0. The van der Waals surface area contributed by atoms with Gasteiger partial charge in [0.2, 0.25) is 0 Å². The number of aliphatic hydroxyl groups is 5. The van der Waals surface area contributed by atoms with Gasteiger partial charge in [-0.25, -0.2) is 0 Å². The lowest BCUT2D eigenvalue weighted by atomic mass is 9.98. The predicted molar refractivity (Wildman–Crippen MR) is 96.8 cm³/mol. The average Bonchev–Trinajstić information content (AvgIpc) is 2.60. The first-order chi connectivity index (χ1) is 11.5. The van der Waals surface area contributed by atoms with Crippen LogP contribution in [0.15, 0.2) is 0 Å². The summed E-state index contributed by atoms with van der Waals surface area (Å²) in [7, 11) is 0. The quantitative estimate of drug-likeness (QED) is 0.260. The van der Waals surface area contributed by atoms with Crippen molar-refractivity contribution in [3.05, 3.63) is 0 Å². The molecule has 0 saturated carbocycles. The lowest BCUT2D eigenvalue weighted by Crippen LogP contribution is -2.45. The van der Waals surface area contributed by atoms with E-state index in [0.29, 0.717) is 6.42 Å². The van der Waals surface area contributed by atoms with E-state index in [1.807, 2.05) is 0 Å². The molecule has 0 saturated heterocycles. The van der Waals surface area contributed by atoms with Crippen LogP contribution in [0.4, 0.5) is 0 Å². The molecule has 4 atom stereocenters. The van der Waals surface area contributed by atoms with Crippen LogP contribution in [0.2, 0.25) is 0 Å². The van der Waals surface area contributed by atoms with E-state index >= 15 is 0 Å². The second kappa shape index (κ2) is 16.3. The first kappa shape index (κ1) is 23.8. The molecule has 24 heavy (non-hydrogen) atoms. The second-order valence-corrected chi connectivity index (χ2v) is 6.98. The second-order valence-electron chi connectivity index (χ2n) is 6.98. The fourth-order valence-electron chi connectivity index (χ4n) is 2.93. The van der Waals surface area contributed by atoms with Gasteiger partial charge < -0.3 is 25.5 Å². The van der Waals surface area contributed by atoms with Gasteiger partial charge >= 0.3 is 0 Å². The van der Waals surface area contributed by atoms with Gasteiger partial charge in [0, 0.05) is 0 Å². The normalized spacial score (nSPS) is 16.8. The van der Waals surface area contributed by atoms with E-state index < -0.39 is 31.0 Å². The molecule has 0 radical (unpaired) electrons. The van der Waals surface area contributed by atoms with Crippen molar-refractivity contribution in [2.75, 3.05) is 6.61 Å². The zero-order chi connectivity index (χ0) is 18.2. The number of aliphatic hydroxyl groups excluding tert-OH is 5. The van der Waals surface area contributed by atoms with Crippen molar-refractivity contribution in [3.63, 3.8) is 0 Å². The number of unbranched alkanes of at least 4 members (excludes halogenated alkanes) is 11. The smallest absolute Gasteiger partial charge is 0.110 e. The first-order valence-corrected chi connectivity index (χ1v) is 9.87. The van der Waals surface area contributed by atoms with Crippen LogP contribution in [-0.2, 0) is 0 Å². The van der Waals surface area contributed by atoms with Gasteiger partial charge in [-0.3, -0.25) is 0 Å². The molecule has 0 unspecified atom stereocenters. The highest BCUT2D eigenvalue weighted by Crippen LogP contribution is 2.15. The van der Waals surface area contributed by atoms with Crippen molar-refractivity contribution in [2.24, 2.45) is 0 Å². The zero-order valence-corrected chi connectivity index (χ0v) is 15.4. The van der Waals surface area contributed by atoms with Gasteiger partial charge in [0.15, 0.2) is 0 Å². The van der Waals surface area contributed by atoms with Crippen molar-refractivity contribution < 1.29 is 25.5 Å². The Morgan fingerprint density at radius 1 is 0.542 bits per heavy atom. The van der Waals surface area contributed by atoms with Crippen LogP contribution < -0.4 is 0 Å². The molecule has 5 N–H and O–H groups in total. The fraction of sp³-hybridized carbons (Fsp3) is 1.00. The zero-order valence-electron chi connectivity index (χ0n) is 15.4. The number of rotatable bonds is 17. The van der Waals surface area contributed by atoms with Crippen molar-refractivity contribution in [1.29, 1.82) is 0 Å². The summed E-state index contributed by atoms with van der Waals surface area (Å²) in [5.74, 6) is 0. The Balaban J connectivity index is 3.43. The Bertz CT molecular complexity index is 262. The van der Waals surface area contributed by atoms with Gasteiger partial charge in [-0.15, -0.1) is 0 Å².